The zero-order valence-electron chi connectivity index (χ0n) is 11.3. The fraction of sp³-hybridized carbons (Fsp3) is 0.929. The maximum atomic E-state index is 11.0. The van der Waals surface area contributed by atoms with Gasteiger partial charge in [-0.1, -0.05) is 25.7 Å². The van der Waals surface area contributed by atoms with Crippen LogP contribution in [0.25, 0.3) is 0 Å². The van der Waals surface area contributed by atoms with Crippen LogP contribution in [0, 0.1) is 5.92 Å². The van der Waals surface area contributed by atoms with Crippen LogP contribution in [-0.2, 0) is 9.53 Å². The summed E-state index contributed by atoms with van der Waals surface area (Å²) in [6.45, 7) is 3.21. The number of nitrogens with one attached hydrogen (secondary N) is 1. The van der Waals surface area contributed by atoms with E-state index in [9.17, 15) is 4.79 Å². The number of esters is 1. The van der Waals surface area contributed by atoms with Crippen LogP contribution in [0.5, 0.6) is 0 Å². The Balaban J connectivity index is 2.10. The van der Waals surface area contributed by atoms with Crippen LogP contribution < -0.4 is 5.32 Å². The zero-order valence-corrected chi connectivity index (χ0v) is 11.3. The van der Waals surface area contributed by atoms with Gasteiger partial charge in [-0.15, -0.1) is 0 Å². The molecule has 0 amide bonds. The fourth-order valence-corrected chi connectivity index (χ4v) is 2.64. The van der Waals surface area contributed by atoms with Crippen LogP contribution in [-0.4, -0.2) is 25.7 Å². The summed E-state index contributed by atoms with van der Waals surface area (Å²) in [5.74, 6) is 0.726. The smallest absolute Gasteiger partial charge is 0.305 e. The molecule has 1 rings (SSSR count). The van der Waals surface area contributed by atoms with E-state index in [2.05, 4.69) is 17.0 Å². The highest BCUT2D eigenvalue weighted by Gasteiger charge is 2.18. The molecular formula is C14H27NO2. The molecular weight excluding hydrogens is 214 g/mol. The van der Waals surface area contributed by atoms with Gasteiger partial charge < -0.3 is 10.1 Å². The van der Waals surface area contributed by atoms with Crippen molar-refractivity contribution < 1.29 is 9.53 Å². The van der Waals surface area contributed by atoms with Gasteiger partial charge in [0.1, 0.15) is 0 Å². The Kier molecular flexibility index (Phi) is 7.25. The van der Waals surface area contributed by atoms with E-state index in [1.807, 2.05) is 0 Å². The Morgan fingerprint density at radius 1 is 1.29 bits per heavy atom. The molecule has 3 nitrogen and oxygen atoms in total. The van der Waals surface area contributed by atoms with Crippen molar-refractivity contribution in [1.82, 2.24) is 5.32 Å². The highest BCUT2D eigenvalue weighted by atomic mass is 16.5. The van der Waals surface area contributed by atoms with Crippen LogP contribution >= 0.6 is 0 Å². The number of rotatable bonds is 6. The van der Waals surface area contributed by atoms with Crippen molar-refractivity contribution in [2.75, 3.05) is 13.7 Å². The van der Waals surface area contributed by atoms with E-state index in [1.165, 1.54) is 45.6 Å². The summed E-state index contributed by atoms with van der Waals surface area (Å²) in [5.41, 5.74) is 0. The van der Waals surface area contributed by atoms with Gasteiger partial charge in [0.15, 0.2) is 0 Å². The topological polar surface area (TPSA) is 38.3 Å². The summed E-state index contributed by atoms with van der Waals surface area (Å²) in [6, 6.07) is 0.589. The molecule has 0 aliphatic heterocycles. The molecule has 0 spiro atoms. The minimum Gasteiger partial charge on any atom is -0.469 e. The molecule has 0 radical (unpaired) electrons. The predicted molar refractivity (Wildman–Crippen MR) is 69.9 cm³/mol. The summed E-state index contributed by atoms with van der Waals surface area (Å²) in [5, 5.41) is 3.55. The van der Waals surface area contributed by atoms with Gasteiger partial charge >= 0.3 is 5.97 Å². The molecule has 0 saturated heterocycles. The number of carbonyl (C=O) groups is 1. The molecule has 100 valence electrons. The molecule has 3 heteroatoms. The van der Waals surface area contributed by atoms with Crippen molar-refractivity contribution in [2.45, 2.75) is 64.3 Å². The summed E-state index contributed by atoms with van der Waals surface area (Å²) < 4.78 is 4.62. The summed E-state index contributed by atoms with van der Waals surface area (Å²) in [4.78, 5) is 11.0. The summed E-state index contributed by atoms with van der Waals surface area (Å²) >= 11 is 0. The van der Waals surface area contributed by atoms with Gasteiger partial charge in [0, 0.05) is 12.5 Å². The monoisotopic (exact) mass is 241 g/mol. The molecule has 1 aliphatic rings. The standard InChI is InChI=1S/C14H27NO2/c1-12(13-8-5-3-4-6-9-13)15-11-7-10-14(16)17-2/h12-13,15H,3-11H2,1-2H3/t12-/m1/s1. The summed E-state index contributed by atoms with van der Waals surface area (Å²) in [7, 11) is 1.45. The quantitative estimate of drug-likeness (QED) is 0.441. The molecule has 1 aliphatic carbocycles. The van der Waals surface area contributed by atoms with Crippen molar-refractivity contribution in [3.8, 4) is 0 Å². The Labute approximate surface area is 105 Å². The number of hydrogen-bond acceptors (Lipinski definition) is 3. The Bertz CT molecular complexity index is 210. The third-order valence-electron chi connectivity index (χ3n) is 3.86. The lowest BCUT2D eigenvalue weighted by Crippen LogP contribution is -2.34. The SMILES string of the molecule is COC(=O)CCCN[C@H](C)C1CCCCCC1. The van der Waals surface area contributed by atoms with Crippen LogP contribution in [0.4, 0.5) is 0 Å². The van der Waals surface area contributed by atoms with E-state index in [0.717, 1.165) is 18.9 Å². The van der Waals surface area contributed by atoms with Gasteiger partial charge in [0.25, 0.3) is 0 Å². The number of methoxy groups -OCH3 is 1. The molecule has 0 aromatic rings. The van der Waals surface area contributed by atoms with E-state index >= 15 is 0 Å². The van der Waals surface area contributed by atoms with Gasteiger partial charge in [0.2, 0.25) is 0 Å². The molecule has 1 fully saturated rings. The normalized spacial score (nSPS) is 19.6. The van der Waals surface area contributed by atoms with Crippen molar-refractivity contribution in [3.05, 3.63) is 0 Å². The van der Waals surface area contributed by atoms with Gasteiger partial charge in [-0.05, 0) is 38.6 Å². The Hall–Kier alpha value is -0.570. The van der Waals surface area contributed by atoms with E-state index in [0.29, 0.717) is 12.5 Å². The highest BCUT2D eigenvalue weighted by Crippen LogP contribution is 2.25. The van der Waals surface area contributed by atoms with Crippen LogP contribution in [0.2, 0.25) is 0 Å². The van der Waals surface area contributed by atoms with E-state index in [1.54, 1.807) is 0 Å². The first kappa shape index (κ1) is 14.5. The second kappa shape index (κ2) is 8.51. The van der Waals surface area contributed by atoms with Crippen molar-refractivity contribution in [3.63, 3.8) is 0 Å². The van der Waals surface area contributed by atoms with E-state index in [-0.39, 0.29) is 5.97 Å². The average molecular weight is 241 g/mol. The first-order valence-electron chi connectivity index (χ1n) is 7.04. The first-order chi connectivity index (χ1) is 8.24. The molecule has 1 N–H and O–H groups in total. The molecule has 0 heterocycles. The second-order valence-electron chi connectivity index (χ2n) is 5.17. The average Bonchev–Trinajstić information content (AvgIpc) is 2.62. The molecule has 0 aromatic heterocycles. The lowest BCUT2D eigenvalue weighted by Gasteiger charge is -2.23. The second-order valence-corrected chi connectivity index (χ2v) is 5.17. The molecule has 0 unspecified atom stereocenters. The molecule has 1 atom stereocenters. The van der Waals surface area contributed by atoms with Crippen molar-refractivity contribution >= 4 is 5.97 Å². The summed E-state index contributed by atoms with van der Waals surface area (Å²) in [6.07, 6.45) is 9.73. The highest BCUT2D eigenvalue weighted by molar-refractivity contribution is 5.69. The first-order valence-corrected chi connectivity index (χ1v) is 7.04. The minimum atomic E-state index is -0.103. The van der Waals surface area contributed by atoms with Gasteiger partial charge in [-0.2, -0.15) is 0 Å². The maximum Gasteiger partial charge on any atom is 0.305 e. The molecule has 0 bridgehead atoms. The lowest BCUT2D eigenvalue weighted by molar-refractivity contribution is -0.140. The lowest BCUT2D eigenvalue weighted by atomic mass is 9.93. The number of ether oxygens (including phenoxy) is 1. The van der Waals surface area contributed by atoms with Crippen LogP contribution in [0.1, 0.15) is 58.3 Å². The molecule has 17 heavy (non-hydrogen) atoms. The predicted octanol–water partition coefficient (Wildman–Crippen LogP) is 2.89. The Morgan fingerprint density at radius 3 is 2.53 bits per heavy atom. The third kappa shape index (κ3) is 6.06. The third-order valence-corrected chi connectivity index (χ3v) is 3.86. The van der Waals surface area contributed by atoms with E-state index in [4.69, 9.17) is 0 Å². The van der Waals surface area contributed by atoms with Gasteiger partial charge in [0.05, 0.1) is 7.11 Å². The maximum absolute atomic E-state index is 11.0. The Morgan fingerprint density at radius 2 is 1.94 bits per heavy atom. The molecule has 0 aromatic carbocycles. The van der Waals surface area contributed by atoms with E-state index < -0.39 is 0 Å². The number of hydrogen-bond donors (Lipinski definition) is 1. The number of carbonyl (C=O) groups excluding carboxylic acids is 1. The molecule has 1 saturated carbocycles. The zero-order chi connectivity index (χ0) is 12.5. The van der Waals surface area contributed by atoms with Crippen LogP contribution in [0.15, 0.2) is 0 Å². The largest absolute Gasteiger partial charge is 0.469 e. The van der Waals surface area contributed by atoms with Crippen molar-refractivity contribution in [1.29, 1.82) is 0 Å². The van der Waals surface area contributed by atoms with Crippen molar-refractivity contribution in [2.24, 2.45) is 5.92 Å². The fourth-order valence-electron chi connectivity index (χ4n) is 2.64. The van der Waals surface area contributed by atoms with Gasteiger partial charge in [-0.3, -0.25) is 4.79 Å². The van der Waals surface area contributed by atoms with Gasteiger partial charge in [-0.25, -0.2) is 0 Å². The van der Waals surface area contributed by atoms with Crippen LogP contribution in [0.3, 0.4) is 0 Å². The minimum absolute atomic E-state index is 0.103.